The maximum atomic E-state index is 11.2. The Morgan fingerprint density at radius 1 is 1.25 bits per heavy atom. The first-order valence-electron chi connectivity index (χ1n) is 6.66. The summed E-state index contributed by atoms with van der Waals surface area (Å²) < 4.78 is 5.69. The molecular weight excluding hydrogens is 252 g/mol. The van der Waals surface area contributed by atoms with E-state index in [2.05, 4.69) is 10.3 Å². The smallest absolute Gasteiger partial charge is 0.219 e. The zero-order valence-corrected chi connectivity index (χ0v) is 11.5. The summed E-state index contributed by atoms with van der Waals surface area (Å²) >= 11 is 0. The van der Waals surface area contributed by atoms with Crippen molar-refractivity contribution in [1.29, 1.82) is 0 Å². The molecule has 0 saturated heterocycles. The van der Waals surface area contributed by atoms with Gasteiger partial charge in [0.15, 0.2) is 0 Å². The highest BCUT2D eigenvalue weighted by atomic mass is 16.5. The lowest BCUT2D eigenvalue weighted by molar-refractivity contribution is -0.120. The molecule has 0 unspecified atom stereocenters. The van der Waals surface area contributed by atoms with Gasteiger partial charge in [0.05, 0.1) is 5.69 Å². The molecule has 0 atom stereocenters. The summed E-state index contributed by atoms with van der Waals surface area (Å²) in [5.41, 5.74) is 1.91. The zero-order valence-electron chi connectivity index (χ0n) is 11.5. The van der Waals surface area contributed by atoms with Crippen molar-refractivity contribution in [3.8, 4) is 5.75 Å². The van der Waals surface area contributed by atoms with Crippen LogP contribution >= 0.6 is 0 Å². The number of hydrogen-bond donors (Lipinski definition) is 1. The molecule has 0 aliphatic carbocycles. The highest BCUT2D eigenvalue weighted by Crippen LogP contribution is 2.14. The predicted molar refractivity (Wildman–Crippen MR) is 77.1 cm³/mol. The number of nitrogens with zero attached hydrogens (tertiary/aromatic N) is 1. The average molecular weight is 270 g/mol. The van der Waals surface area contributed by atoms with Gasteiger partial charge in [0.1, 0.15) is 12.4 Å². The molecule has 0 bridgehead atoms. The number of aromatic nitrogens is 1. The SMILES string of the molecule is CCC(=O)NCc1cccc(OCc2ccccn2)c1. The van der Waals surface area contributed by atoms with Gasteiger partial charge in [-0.1, -0.05) is 25.1 Å². The topological polar surface area (TPSA) is 51.2 Å². The van der Waals surface area contributed by atoms with Crippen LogP contribution in [0.5, 0.6) is 5.75 Å². The molecule has 0 saturated carbocycles. The molecule has 4 nitrogen and oxygen atoms in total. The Balaban J connectivity index is 1.90. The summed E-state index contributed by atoms with van der Waals surface area (Å²) in [6.45, 7) is 2.79. The minimum atomic E-state index is 0.0461. The molecule has 1 aromatic carbocycles. The lowest BCUT2D eigenvalue weighted by Crippen LogP contribution is -2.21. The average Bonchev–Trinajstić information content (AvgIpc) is 2.52. The van der Waals surface area contributed by atoms with Gasteiger partial charge >= 0.3 is 0 Å². The van der Waals surface area contributed by atoms with E-state index >= 15 is 0 Å². The van der Waals surface area contributed by atoms with E-state index in [4.69, 9.17) is 4.74 Å². The fraction of sp³-hybridized carbons (Fsp3) is 0.250. The Labute approximate surface area is 118 Å². The van der Waals surface area contributed by atoms with Crippen molar-refractivity contribution in [2.45, 2.75) is 26.5 Å². The number of amides is 1. The van der Waals surface area contributed by atoms with Crippen molar-refractivity contribution < 1.29 is 9.53 Å². The molecule has 4 heteroatoms. The number of nitrogens with one attached hydrogen (secondary N) is 1. The summed E-state index contributed by atoms with van der Waals surface area (Å²) in [6, 6.07) is 13.4. The first-order chi connectivity index (χ1) is 9.78. The lowest BCUT2D eigenvalue weighted by Gasteiger charge is -2.08. The molecule has 0 aliphatic heterocycles. The molecule has 0 radical (unpaired) electrons. The molecule has 1 aromatic heterocycles. The van der Waals surface area contributed by atoms with E-state index < -0.39 is 0 Å². The molecule has 2 aromatic rings. The number of carbonyl (C=O) groups excluding carboxylic acids is 1. The molecule has 104 valence electrons. The largest absolute Gasteiger partial charge is 0.487 e. The highest BCUT2D eigenvalue weighted by Gasteiger charge is 2.01. The minimum absolute atomic E-state index is 0.0461. The van der Waals surface area contributed by atoms with Gasteiger partial charge < -0.3 is 10.1 Å². The summed E-state index contributed by atoms with van der Waals surface area (Å²) in [4.78, 5) is 15.4. The summed E-state index contributed by atoms with van der Waals surface area (Å²) in [6.07, 6.45) is 2.24. The second kappa shape index (κ2) is 7.28. The van der Waals surface area contributed by atoms with Crippen LogP contribution in [0.3, 0.4) is 0 Å². The van der Waals surface area contributed by atoms with Gasteiger partial charge in [0.2, 0.25) is 5.91 Å². The number of pyridine rings is 1. The first kappa shape index (κ1) is 14.1. The van der Waals surface area contributed by atoms with Crippen LogP contribution in [0.25, 0.3) is 0 Å². The first-order valence-corrected chi connectivity index (χ1v) is 6.66. The Bertz CT molecular complexity index is 555. The van der Waals surface area contributed by atoms with Crippen LogP contribution in [0.15, 0.2) is 48.7 Å². The van der Waals surface area contributed by atoms with E-state index in [0.29, 0.717) is 19.6 Å². The molecular formula is C16H18N2O2. The Hall–Kier alpha value is -2.36. The van der Waals surface area contributed by atoms with Gasteiger partial charge in [-0.05, 0) is 29.8 Å². The van der Waals surface area contributed by atoms with Crippen LogP contribution in [-0.4, -0.2) is 10.9 Å². The van der Waals surface area contributed by atoms with Crippen LogP contribution < -0.4 is 10.1 Å². The van der Waals surface area contributed by atoms with Crippen molar-refractivity contribution in [3.05, 3.63) is 59.9 Å². The molecule has 20 heavy (non-hydrogen) atoms. The van der Waals surface area contributed by atoms with Crippen molar-refractivity contribution in [2.75, 3.05) is 0 Å². The second-order valence-electron chi connectivity index (χ2n) is 4.39. The second-order valence-corrected chi connectivity index (χ2v) is 4.39. The summed E-state index contributed by atoms with van der Waals surface area (Å²) in [5, 5.41) is 2.84. The Morgan fingerprint density at radius 2 is 2.15 bits per heavy atom. The molecule has 1 N–H and O–H groups in total. The molecule has 0 fully saturated rings. The van der Waals surface area contributed by atoms with E-state index in [9.17, 15) is 4.79 Å². The van der Waals surface area contributed by atoms with Gasteiger partial charge in [-0.15, -0.1) is 0 Å². The molecule has 1 amide bonds. The van der Waals surface area contributed by atoms with Gasteiger partial charge in [0, 0.05) is 19.2 Å². The molecule has 1 heterocycles. The van der Waals surface area contributed by atoms with Crippen molar-refractivity contribution in [3.63, 3.8) is 0 Å². The normalized spacial score (nSPS) is 10.1. The van der Waals surface area contributed by atoms with E-state index in [1.165, 1.54) is 0 Å². The Kier molecular flexibility index (Phi) is 5.12. The fourth-order valence-corrected chi connectivity index (χ4v) is 1.71. The Morgan fingerprint density at radius 3 is 2.90 bits per heavy atom. The lowest BCUT2D eigenvalue weighted by atomic mass is 10.2. The standard InChI is InChI=1S/C16H18N2O2/c1-2-16(19)18-11-13-6-5-8-15(10-13)20-12-14-7-3-4-9-17-14/h3-10H,2,11-12H2,1H3,(H,18,19). The third-order valence-electron chi connectivity index (χ3n) is 2.82. The van der Waals surface area contributed by atoms with Crippen LogP contribution in [0, 0.1) is 0 Å². The van der Waals surface area contributed by atoms with E-state index in [1.54, 1.807) is 6.20 Å². The van der Waals surface area contributed by atoms with Gasteiger partial charge in [-0.3, -0.25) is 9.78 Å². The van der Waals surface area contributed by atoms with Crippen molar-refractivity contribution >= 4 is 5.91 Å². The predicted octanol–water partition coefficient (Wildman–Crippen LogP) is 2.69. The molecule has 0 aliphatic rings. The number of carbonyl (C=O) groups is 1. The third-order valence-corrected chi connectivity index (χ3v) is 2.82. The quantitative estimate of drug-likeness (QED) is 0.878. The van der Waals surface area contributed by atoms with Crippen molar-refractivity contribution in [2.24, 2.45) is 0 Å². The van der Waals surface area contributed by atoms with Crippen LogP contribution in [0.2, 0.25) is 0 Å². The molecule has 0 spiro atoms. The van der Waals surface area contributed by atoms with Gasteiger partial charge in [-0.25, -0.2) is 0 Å². The number of rotatable bonds is 6. The fourth-order valence-electron chi connectivity index (χ4n) is 1.71. The molecule has 2 rings (SSSR count). The summed E-state index contributed by atoms with van der Waals surface area (Å²) in [7, 11) is 0. The number of hydrogen-bond acceptors (Lipinski definition) is 3. The maximum Gasteiger partial charge on any atom is 0.219 e. The zero-order chi connectivity index (χ0) is 14.2. The van der Waals surface area contributed by atoms with E-state index in [0.717, 1.165) is 17.0 Å². The highest BCUT2D eigenvalue weighted by molar-refractivity contribution is 5.75. The van der Waals surface area contributed by atoms with Crippen LogP contribution in [-0.2, 0) is 17.9 Å². The van der Waals surface area contributed by atoms with E-state index in [1.807, 2.05) is 49.4 Å². The number of benzene rings is 1. The summed E-state index contributed by atoms with van der Waals surface area (Å²) in [5.74, 6) is 0.823. The number of ether oxygens (including phenoxy) is 1. The third kappa shape index (κ3) is 4.39. The minimum Gasteiger partial charge on any atom is -0.487 e. The van der Waals surface area contributed by atoms with E-state index in [-0.39, 0.29) is 5.91 Å². The van der Waals surface area contributed by atoms with Crippen molar-refractivity contribution in [1.82, 2.24) is 10.3 Å². The van der Waals surface area contributed by atoms with Crippen LogP contribution in [0.1, 0.15) is 24.6 Å². The van der Waals surface area contributed by atoms with Crippen LogP contribution in [0.4, 0.5) is 0 Å². The monoisotopic (exact) mass is 270 g/mol. The van der Waals surface area contributed by atoms with Gasteiger partial charge in [0.25, 0.3) is 0 Å². The van der Waals surface area contributed by atoms with Gasteiger partial charge in [-0.2, -0.15) is 0 Å². The maximum absolute atomic E-state index is 11.2.